The predicted molar refractivity (Wildman–Crippen MR) is 70.8 cm³/mol. The van der Waals surface area contributed by atoms with Crippen molar-refractivity contribution in [1.82, 2.24) is 20.1 Å². The van der Waals surface area contributed by atoms with Crippen LogP contribution in [0.4, 0.5) is 5.69 Å². The van der Waals surface area contributed by atoms with Crippen molar-refractivity contribution in [3.8, 4) is 0 Å². The van der Waals surface area contributed by atoms with Crippen LogP contribution in [0.5, 0.6) is 0 Å². The van der Waals surface area contributed by atoms with Crippen LogP contribution in [-0.2, 0) is 13.1 Å². The van der Waals surface area contributed by atoms with E-state index in [2.05, 4.69) is 15.4 Å². The third-order valence-corrected chi connectivity index (χ3v) is 2.69. The minimum Gasteiger partial charge on any atom is -0.390 e. The lowest BCUT2D eigenvalue weighted by Crippen LogP contribution is -2.30. The highest BCUT2D eigenvalue weighted by atomic mass is 16.6. The van der Waals surface area contributed by atoms with Crippen LogP contribution < -0.4 is 5.32 Å². The van der Waals surface area contributed by atoms with E-state index in [9.17, 15) is 15.2 Å². The maximum atomic E-state index is 10.5. The Morgan fingerprint density at radius 1 is 1.45 bits per heavy atom. The summed E-state index contributed by atoms with van der Waals surface area (Å²) in [5.74, 6) is 0. The monoisotopic (exact) mass is 277 g/mol. The number of aromatic nitrogens is 3. The van der Waals surface area contributed by atoms with E-state index >= 15 is 0 Å². The van der Waals surface area contributed by atoms with Crippen LogP contribution in [0.3, 0.4) is 0 Å². The lowest BCUT2D eigenvalue weighted by atomic mass is 10.2. The molecule has 8 heteroatoms. The quantitative estimate of drug-likeness (QED) is 0.558. The fourth-order valence-electron chi connectivity index (χ4n) is 1.71. The van der Waals surface area contributed by atoms with Gasteiger partial charge in [-0.25, -0.2) is 0 Å². The average Bonchev–Trinajstić information content (AvgIpc) is 2.88. The molecule has 0 saturated heterocycles. The molecule has 0 aliphatic carbocycles. The first-order chi connectivity index (χ1) is 9.65. The molecular weight excluding hydrogens is 262 g/mol. The molecule has 8 nitrogen and oxygen atoms in total. The van der Waals surface area contributed by atoms with Crippen molar-refractivity contribution >= 4 is 5.69 Å². The van der Waals surface area contributed by atoms with E-state index in [-0.39, 0.29) is 12.2 Å². The molecule has 20 heavy (non-hydrogen) atoms. The number of rotatable bonds is 7. The largest absolute Gasteiger partial charge is 0.390 e. The van der Waals surface area contributed by atoms with Crippen LogP contribution in [0.25, 0.3) is 0 Å². The number of nitrogens with one attached hydrogen (secondary N) is 1. The summed E-state index contributed by atoms with van der Waals surface area (Å²) in [4.78, 5) is 13.9. The lowest BCUT2D eigenvalue weighted by molar-refractivity contribution is -0.385. The first-order valence-electron chi connectivity index (χ1n) is 6.09. The van der Waals surface area contributed by atoms with Crippen LogP contribution >= 0.6 is 0 Å². The molecule has 0 spiro atoms. The van der Waals surface area contributed by atoms with E-state index in [0.717, 1.165) is 11.8 Å². The highest BCUT2D eigenvalue weighted by molar-refractivity contribution is 5.20. The normalized spacial score (nSPS) is 12.2. The molecule has 2 rings (SSSR count). The summed E-state index contributed by atoms with van der Waals surface area (Å²) in [6.45, 7) is 1.20. The molecule has 0 aliphatic heterocycles. The lowest BCUT2D eigenvalue weighted by Gasteiger charge is -2.11. The molecule has 1 unspecified atom stereocenters. The van der Waals surface area contributed by atoms with Crippen LogP contribution in [0.1, 0.15) is 5.56 Å². The number of hydrogen-bond donors (Lipinski definition) is 2. The van der Waals surface area contributed by atoms with Gasteiger partial charge in [-0.15, -0.1) is 0 Å². The van der Waals surface area contributed by atoms with Gasteiger partial charge in [0.15, 0.2) is 0 Å². The van der Waals surface area contributed by atoms with Gasteiger partial charge in [0.1, 0.15) is 12.4 Å². The van der Waals surface area contributed by atoms with Gasteiger partial charge in [0.05, 0.1) is 17.6 Å². The number of aliphatic hydroxyl groups is 1. The van der Waals surface area contributed by atoms with Gasteiger partial charge in [0.25, 0.3) is 0 Å². The highest BCUT2D eigenvalue weighted by Gasteiger charge is 2.11. The van der Waals surface area contributed by atoms with Crippen molar-refractivity contribution in [1.29, 1.82) is 0 Å². The van der Waals surface area contributed by atoms with E-state index in [1.54, 1.807) is 12.4 Å². The molecule has 106 valence electrons. The molecule has 0 saturated carbocycles. The van der Waals surface area contributed by atoms with E-state index in [0.29, 0.717) is 13.1 Å². The molecule has 0 aromatic carbocycles. The van der Waals surface area contributed by atoms with Crippen LogP contribution in [0.15, 0.2) is 36.9 Å². The van der Waals surface area contributed by atoms with Gasteiger partial charge >= 0.3 is 5.69 Å². The SMILES string of the molecule is O=[N+]([O-])c1cnn(CC(O)CNCc2ccncc2)c1. The number of nitro groups is 1. The molecule has 0 bridgehead atoms. The zero-order valence-electron chi connectivity index (χ0n) is 10.7. The van der Waals surface area contributed by atoms with Gasteiger partial charge in [-0.05, 0) is 17.7 Å². The Bertz CT molecular complexity index is 557. The molecule has 2 aromatic rings. The van der Waals surface area contributed by atoms with E-state index < -0.39 is 11.0 Å². The highest BCUT2D eigenvalue weighted by Crippen LogP contribution is 2.08. The molecule has 2 aromatic heterocycles. The summed E-state index contributed by atoms with van der Waals surface area (Å²) in [6, 6.07) is 3.77. The second-order valence-electron chi connectivity index (χ2n) is 4.32. The van der Waals surface area contributed by atoms with Gasteiger partial charge in [-0.2, -0.15) is 5.10 Å². The summed E-state index contributed by atoms with van der Waals surface area (Å²) in [5.41, 5.74) is 0.990. The van der Waals surface area contributed by atoms with E-state index in [4.69, 9.17) is 0 Å². The van der Waals surface area contributed by atoms with Gasteiger partial charge < -0.3 is 10.4 Å². The maximum absolute atomic E-state index is 10.5. The Labute approximate surface area is 115 Å². The first kappa shape index (κ1) is 14.1. The molecule has 0 aliphatic rings. The fraction of sp³-hybridized carbons (Fsp3) is 0.333. The minimum absolute atomic E-state index is 0.0815. The summed E-state index contributed by atoms with van der Waals surface area (Å²) in [6.07, 6.45) is 5.20. The first-order valence-corrected chi connectivity index (χ1v) is 6.09. The predicted octanol–water partition coefficient (Wildman–Crippen LogP) is 0.337. The van der Waals surface area contributed by atoms with Gasteiger partial charge in [0.2, 0.25) is 0 Å². The minimum atomic E-state index is -0.670. The zero-order chi connectivity index (χ0) is 14.4. The number of hydrogen-bond acceptors (Lipinski definition) is 6. The van der Waals surface area contributed by atoms with Crippen LogP contribution in [0.2, 0.25) is 0 Å². The number of pyridine rings is 1. The van der Waals surface area contributed by atoms with Crippen molar-refractivity contribution in [3.05, 3.63) is 52.6 Å². The Hall–Kier alpha value is -2.32. The molecule has 0 fully saturated rings. The van der Waals surface area contributed by atoms with Crippen molar-refractivity contribution in [2.45, 2.75) is 19.2 Å². The van der Waals surface area contributed by atoms with Crippen molar-refractivity contribution in [2.75, 3.05) is 6.54 Å². The molecule has 1 atom stereocenters. The molecule has 2 N–H and O–H groups in total. The fourth-order valence-corrected chi connectivity index (χ4v) is 1.71. The molecular formula is C12H15N5O3. The summed E-state index contributed by atoms with van der Waals surface area (Å²) in [5, 5.41) is 27.2. The van der Waals surface area contributed by atoms with E-state index in [1.807, 2.05) is 12.1 Å². The van der Waals surface area contributed by atoms with Gasteiger partial charge in [-0.1, -0.05) is 0 Å². The molecule has 0 radical (unpaired) electrons. The van der Waals surface area contributed by atoms with Gasteiger partial charge in [0, 0.05) is 25.5 Å². The zero-order valence-corrected chi connectivity index (χ0v) is 10.7. The average molecular weight is 277 g/mol. The molecule has 0 amide bonds. The number of nitrogens with zero attached hydrogens (tertiary/aromatic N) is 4. The smallest absolute Gasteiger partial charge is 0.306 e. The topological polar surface area (TPSA) is 106 Å². The maximum Gasteiger partial charge on any atom is 0.306 e. The second kappa shape index (κ2) is 6.73. The Balaban J connectivity index is 1.74. The Morgan fingerprint density at radius 2 is 2.20 bits per heavy atom. The van der Waals surface area contributed by atoms with Crippen molar-refractivity contribution in [2.24, 2.45) is 0 Å². The number of aliphatic hydroxyl groups excluding tert-OH is 1. The van der Waals surface area contributed by atoms with E-state index in [1.165, 1.54) is 10.9 Å². The standard InChI is InChI=1S/C12H15N5O3/c18-12(7-14-5-10-1-3-13-4-2-10)9-16-8-11(6-15-16)17(19)20/h1-4,6,8,12,14,18H,5,7,9H2. The third-order valence-electron chi connectivity index (χ3n) is 2.69. The van der Waals surface area contributed by atoms with Crippen molar-refractivity contribution < 1.29 is 10.0 Å². The summed E-state index contributed by atoms with van der Waals surface area (Å²) < 4.78 is 1.36. The Morgan fingerprint density at radius 3 is 2.85 bits per heavy atom. The third kappa shape index (κ3) is 4.11. The van der Waals surface area contributed by atoms with Gasteiger partial charge in [-0.3, -0.25) is 19.8 Å². The van der Waals surface area contributed by atoms with Crippen LogP contribution in [-0.4, -0.2) is 37.4 Å². The summed E-state index contributed by atoms with van der Waals surface area (Å²) in [7, 11) is 0. The second-order valence-corrected chi connectivity index (χ2v) is 4.32. The Kier molecular flexibility index (Phi) is 4.75. The molecule has 2 heterocycles. The summed E-state index contributed by atoms with van der Waals surface area (Å²) >= 11 is 0. The van der Waals surface area contributed by atoms with Crippen molar-refractivity contribution in [3.63, 3.8) is 0 Å². The van der Waals surface area contributed by atoms with Crippen LogP contribution in [0, 0.1) is 10.1 Å².